The molecule has 80 valence electrons. The fourth-order valence-electron chi connectivity index (χ4n) is 1.15. The molecule has 2 rings (SSSR count). The standard InChI is InChI=1S/C9H12N4OS/c1-6-11-5-7(15-6)9-12-8(13-14-9)3-4-10-2/h5,10H,3-4H2,1-2H3. The van der Waals surface area contributed by atoms with Gasteiger partial charge in [-0.3, -0.25) is 0 Å². The van der Waals surface area contributed by atoms with Crippen molar-refractivity contribution in [2.24, 2.45) is 0 Å². The highest BCUT2D eigenvalue weighted by Crippen LogP contribution is 2.23. The third-order valence-electron chi connectivity index (χ3n) is 1.90. The summed E-state index contributed by atoms with van der Waals surface area (Å²) in [6.45, 7) is 2.80. The van der Waals surface area contributed by atoms with Crippen molar-refractivity contribution in [2.75, 3.05) is 13.6 Å². The minimum absolute atomic E-state index is 0.562. The summed E-state index contributed by atoms with van der Waals surface area (Å²) < 4.78 is 5.14. The molecule has 5 nitrogen and oxygen atoms in total. The monoisotopic (exact) mass is 224 g/mol. The van der Waals surface area contributed by atoms with Gasteiger partial charge in [0.1, 0.15) is 4.88 Å². The van der Waals surface area contributed by atoms with Crippen LogP contribution >= 0.6 is 11.3 Å². The van der Waals surface area contributed by atoms with E-state index in [0.29, 0.717) is 5.89 Å². The highest BCUT2D eigenvalue weighted by atomic mass is 32.1. The number of thiazole rings is 1. The highest BCUT2D eigenvalue weighted by molar-refractivity contribution is 7.14. The molecule has 0 fully saturated rings. The molecule has 0 radical (unpaired) electrons. The summed E-state index contributed by atoms with van der Waals surface area (Å²) in [5.41, 5.74) is 0. The molecular formula is C9H12N4OS. The Labute approximate surface area is 91.5 Å². The third kappa shape index (κ3) is 2.40. The van der Waals surface area contributed by atoms with Gasteiger partial charge in [0.25, 0.3) is 5.89 Å². The van der Waals surface area contributed by atoms with E-state index in [2.05, 4.69) is 20.4 Å². The van der Waals surface area contributed by atoms with Crippen LogP contribution in [0.5, 0.6) is 0 Å². The molecule has 6 heteroatoms. The van der Waals surface area contributed by atoms with E-state index in [1.807, 2.05) is 14.0 Å². The summed E-state index contributed by atoms with van der Waals surface area (Å²) in [5, 5.41) is 7.93. The average Bonchev–Trinajstić information content (AvgIpc) is 2.83. The predicted molar refractivity (Wildman–Crippen MR) is 57.8 cm³/mol. The maximum Gasteiger partial charge on any atom is 0.269 e. The van der Waals surface area contributed by atoms with E-state index in [9.17, 15) is 0 Å². The Balaban J connectivity index is 2.13. The van der Waals surface area contributed by atoms with Crippen molar-refractivity contribution in [1.82, 2.24) is 20.4 Å². The van der Waals surface area contributed by atoms with Crippen LogP contribution in [0.1, 0.15) is 10.8 Å². The highest BCUT2D eigenvalue weighted by Gasteiger charge is 2.10. The smallest absolute Gasteiger partial charge is 0.269 e. The Hall–Kier alpha value is -1.27. The van der Waals surface area contributed by atoms with Gasteiger partial charge < -0.3 is 9.84 Å². The molecule has 0 bridgehead atoms. The van der Waals surface area contributed by atoms with E-state index in [1.54, 1.807) is 17.5 Å². The van der Waals surface area contributed by atoms with Crippen LogP contribution in [0, 0.1) is 6.92 Å². The van der Waals surface area contributed by atoms with E-state index < -0.39 is 0 Å². The molecule has 0 saturated heterocycles. The van der Waals surface area contributed by atoms with Gasteiger partial charge >= 0.3 is 0 Å². The zero-order valence-electron chi connectivity index (χ0n) is 8.65. The number of nitrogens with zero attached hydrogens (tertiary/aromatic N) is 3. The normalized spacial score (nSPS) is 10.8. The Morgan fingerprint density at radius 3 is 3.07 bits per heavy atom. The maximum atomic E-state index is 5.14. The summed E-state index contributed by atoms with van der Waals surface area (Å²) in [5.74, 6) is 1.29. The lowest BCUT2D eigenvalue weighted by Crippen LogP contribution is -2.10. The van der Waals surface area contributed by atoms with E-state index >= 15 is 0 Å². The van der Waals surface area contributed by atoms with Gasteiger partial charge in [0.15, 0.2) is 5.82 Å². The number of hydrogen-bond acceptors (Lipinski definition) is 6. The van der Waals surface area contributed by atoms with Crippen molar-refractivity contribution in [2.45, 2.75) is 13.3 Å². The van der Waals surface area contributed by atoms with E-state index in [0.717, 1.165) is 28.7 Å². The third-order valence-corrected chi connectivity index (χ3v) is 2.80. The van der Waals surface area contributed by atoms with Gasteiger partial charge in [-0.25, -0.2) is 4.98 Å². The molecule has 0 saturated carbocycles. The fraction of sp³-hybridized carbons (Fsp3) is 0.444. The Morgan fingerprint density at radius 2 is 2.40 bits per heavy atom. The first-order valence-corrected chi connectivity index (χ1v) is 5.51. The summed E-state index contributed by atoms with van der Waals surface area (Å²) in [6.07, 6.45) is 2.53. The number of rotatable bonds is 4. The lowest BCUT2D eigenvalue weighted by atomic mass is 10.4. The van der Waals surface area contributed by atoms with Crippen molar-refractivity contribution in [1.29, 1.82) is 0 Å². The first-order chi connectivity index (χ1) is 7.29. The molecule has 2 heterocycles. The van der Waals surface area contributed by atoms with Crippen LogP contribution in [-0.4, -0.2) is 28.7 Å². The molecule has 0 atom stereocenters. The van der Waals surface area contributed by atoms with E-state index in [-0.39, 0.29) is 0 Å². The minimum Gasteiger partial charge on any atom is -0.333 e. The van der Waals surface area contributed by atoms with Gasteiger partial charge in [-0.15, -0.1) is 11.3 Å². The Bertz CT molecular complexity index is 437. The van der Waals surface area contributed by atoms with Gasteiger partial charge in [0.2, 0.25) is 0 Å². The summed E-state index contributed by atoms with van der Waals surface area (Å²) in [7, 11) is 1.90. The van der Waals surface area contributed by atoms with E-state index in [1.165, 1.54) is 0 Å². The molecular weight excluding hydrogens is 212 g/mol. The van der Waals surface area contributed by atoms with Crippen molar-refractivity contribution >= 4 is 11.3 Å². The van der Waals surface area contributed by atoms with Gasteiger partial charge in [0, 0.05) is 13.0 Å². The lowest BCUT2D eigenvalue weighted by Gasteiger charge is -1.90. The van der Waals surface area contributed by atoms with Gasteiger partial charge in [-0.2, -0.15) is 4.98 Å². The van der Waals surface area contributed by atoms with Crippen LogP contribution in [0.15, 0.2) is 10.7 Å². The zero-order chi connectivity index (χ0) is 10.7. The fourth-order valence-corrected chi connectivity index (χ4v) is 1.85. The molecule has 0 aromatic carbocycles. The Kier molecular flexibility index (Phi) is 3.08. The van der Waals surface area contributed by atoms with Crippen molar-refractivity contribution in [3.63, 3.8) is 0 Å². The van der Waals surface area contributed by atoms with Crippen LogP contribution in [-0.2, 0) is 6.42 Å². The number of hydrogen-bond donors (Lipinski definition) is 1. The second-order valence-electron chi connectivity index (χ2n) is 3.11. The molecule has 0 spiro atoms. The second-order valence-corrected chi connectivity index (χ2v) is 4.35. The number of aromatic nitrogens is 3. The van der Waals surface area contributed by atoms with E-state index in [4.69, 9.17) is 4.52 Å². The van der Waals surface area contributed by atoms with Gasteiger partial charge in [-0.05, 0) is 14.0 Å². The number of likely N-dealkylation sites (N-methyl/N-ethyl adjacent to an activating group) is 1. The molecule has 0 aliphatic heterocycles. The summed E-state index contributed by atoms with van der Waals surface area (Å²) in [6, 6.07) is 0. The average molecular weight is 224 g/mol. The number of nitrogens with one attached hydrogen (secondary N) is 1. The van der Waals surface area contributed by atoms with Crippen LogP contribution in [0.2, 0.25) is 0 Å². The minimum atomic E-state index is 0.562. The lowest BCUT2D eigenvalue weighted by molar-refractivity contribution is 0.423. The van der Waals surface area contributed by atoms with Crippen LogP contribution in [0.4, 0.5) is 0 Å². The topological polar surface area (TPSA) is 63.8 Å². The molecule has 1 N–H and O–H groups in total. The van der Waals surface area contributed by atoms with Gasteiger partial charge in [-0.1, -0.05) is 5.16 Å². The zero-order valence-corrected chi connectivity index (χ0v) is 9.47. The molecule has 2 aromatic rings. The van der Waals surface area contributed by atoms with Crippen LogP contribution < -0.4 is 5.32 Å². The second kappa shape index (κ2) is 4.50. The van der Waals surface area contributed by atoms with Crippen LogP contribution in [0.25, 0.3) is 10.8 Å². The quantitative estimate of drug-likeness (QED) is 0.847. The number of aryl methyl sites for hydroxylation is 1. The van der Waals surface area contributed by atoms with Crippen molar-refractivity contribution < 1.29 is 4.52 Å². The first-order valence-electron chi connectivity index (χ1n) is 4.69. The van der Waals surface area contributed by atoms with Crippen molar-refractivity contribution in [3.05, 3.63) is 17.0 Å². The molecule has 0 unspecified atom stereocenters. The molecule has 0 aliphatic carbocycles. The summed E-state index contributed by atoms with van der Waals surface area (Å²) in [4.78, 5) is 9.35. The van der Waals surface area contributed by atoms with Gasteiger partial charge in [0.05, 0.1) is 11.2 Å². The maximum absolute atomic E-state index is 5.14. The largest absolute Gasteiger partial charge is 0.333 e. The molecule has 2 aromatic heterocycles. The SMILES string of the molecule is CNCCc1noc(-c2cnc(C)s2)n1. The molecule has 0 amide bonds. The molecule has 0 aliphatic rings. The molecule has 15 heavy (non-hydrogen) atoms. The first kappa shape index (κ1) is 10.3. The Morgan fingerprint density at radius 1 is 1.53 bits per heavy atom. The summed E-state index contributed by atoms with van der Waals surface area (Å²) >= 11 is 1.56. The van der Waals surface area contributed by atoms with Crippen molar-refractivity contribution in [3.8, 4) is 10.8 Å². The van der Waals surface area contributed by atoms with Crippen LogP contribution in [0.3, 0.4) is 0 Å². The predicted octanol–water partition coefficient (Wildman–Crippen LogP) is 1.26.